The van der Waals surface area contributed by atoms with Crippen LogP contribution in [0.25, 0.3) is 0 Å². The number of ether oxygens (including phenoxy) is 1. The van der Waals surface area contributed by atoms with Crippen LogP contribution >= 0.6 is 43.2 Å². The van der Waals surface area contributed by atoms with E-state index < -0.39 is 83.7 Å². The summed E-state index contributed by atoms with van der Waals surface area (Å²) in [6, 6.07) is 10.6. The fourth-order valence-corrected chi connectivity index (χ4v) is 19.3. The zero-order valence-corrected chi connectivity index (χ0v) is 34.4. The number of fused-ring (bicyclic) bond motifs is 11. The lowest BCUT2D eigenvalue weighted by Crippen LogP contribution is -2.78. The van der Waals surface area contributed by atoms with E-state index in [0.717, 1.165) is 10.8 Å². The first-order chi connectivity index (χ1) is 26.0. The Morgan fingerprint density at radius 2 is 1.45 bits per heavy atom. The third-order valence-corrected chi connectivity index (χ3v) is 21.5. The Balaban J connectivity index is 1.38. The van der Waals surface area contributed by atoms with E-state index in [9.17, 15) is 9.90 Å². The summed E-state index contributed by atoms with van der Waals surface area (Å²) in [4.78, 5) is 75.2. The summed E-state index contributed by atoms with van der Waals surface area (Å²) in [5.74, 6) is -2.91. The van der Waals surface area contributed by atoms with Crippen LogP contribution in [-0.4, -0.2) is 112 Å². The van der Waals surface area contributed by atoms with Gasteiger partial charge < -0.3 is 29.9 Å². The standard InChI is InChI=1S/C38H40FN5O7S4/c1-8-33-27(46)43-23-16-18-14-15-19(39)17-21(18)35(23,24(45)37(43,54-52-33)29(48)41(33)6)36-20-12-10-11-13-22(20)40-26(36)44-28(47)34(9-2)42(7)30(49)38(44,55-53-34)25(36)51-31(50)32(3,4)5/h10-15,17,23-26,40,45H,8-9,16H2,1-7H3/t23-,24-,25-,26+,33-,34-,35-,36+,37-,38-/m0/s1. The van der Waals surface area contributed by atoms with Gasteiger partial charge in [-0.15, -0.1) is 0 Å². The van der Waals surface area contributed by atoms with Gasteiger partial charge in [-0.05, 0) is 96.5 Å². The SMILES string of the molecule is CC[C@@]12SS[C@]3(C(=O)N1C)[C@@H](O)[C@]1([C@@]45c6ccccc6N[C@@H]4N4C(=O)[C@]6(CC)SS[C@]4(C(=O)N6C)[C@H]5OC(=O)C(C)(C)C)c4cc(F)ccc4C[C@@H]1N3C2=O. The van der Waals surface area contributed by atoms with Gasteiger partial charge in [0, 0.05) is 19.8 Å². The molecule has 1 aliphatic carbocycles. The molecule has 0 radical (unpaired) electrons. The third-order valence-electron chi connectivity index (χ3n) is 13.9. The zero-order chi connectivity index (χ0) is 39.2. The maximum atomic E-state index is 16.0. The van der Waals surface area contributed by atoms with E-state index >= 15 is 23.6 Å². The highest BCUT2D eigenvalue weighted by Crippen LogP contribution is 2.79. The van der Waals surface area contributed by atoms with Crippen molar-refractivity contribution in [3.8, 4) is 0 Å². The number of anilines is 1. The number of nitrogens with one attached hydrogen (secondary N) is 1. The van der Waals surface area contributed by atoms with Crippen LogP contribution in [0, 0.1) is 11.2 Å². The molecular formula is C38H40FN5O7S4. The quantitative estimate of drug-likeness (QED) is 0.340. The number of likely N-dealkylation sites (N-methyl/N-ethyl adjacent to an activating group) is 2. The molecule has 0 aromatic heterocycles. The molecule has 2 aromatic rings. The molecule has 10 atom stereocenters. The number of amides is 4. The minimum absolute atomic E-state index is 0.133. The Kier molecular flexibility index (Phi) is 7.04. The summed E-state index contributed by atoms with van der Waals surface area (Å²) in [7, 11) is 7.97. The largest absolute Gasteiger partial charge is 0.457 e. The highest BCUT2D eigenvalue weighted by atomic mass is 33.1. The van der Waals surface area contributed by atoms with Crippen LogP contribution in [0.2, 0.25) is 0 Å². The molecule has 0 unspecified atom stereocenters. The van der Waals surface area contributed by atoms with Crippen molar-refractivity contribution >= 4 is 78.5 Å². The molecule has 12 rings (SSSR count). The Morgan fingerprint density at radius 1 is 0.855 bits per heavy atom. The first kappa shape index (κ1) is 36.2. The number of esters is 1. The van der Waals surface area contributed by atoms with Crippen LogP contribution in [0.5, 0.6) is 0 Å². The van der Waals surface area contributed by atoms with Gasteiger partial charge in [0.25, 0.3) is 23.6 Å². The number of aliphatic hydroxyl groups excluding tert-OH is 1. The lowest BCUT2D eigenvalue weighted by atomic mass is 9.51. The van der Waals surface area contributed by atoms with E-state index in [4.69, 9.17) is 4.74 Å². The number of carbonyl (C=O) groups is 5. The maximum absolute atomic E-state index is 16.0. The van der Waals surface area contributed by atoms with E-state index in [0.29, 0.717) is 28.8 Å². The average molecular weight is 826 g/mol. The molecule has 2 aromatic carbocycles. The van der Waals surface area contributed by atoms with Crippen molar-refractivity contribution < 1.29 is 38.2 Å². The number of hydrogen-bond donors (Lipinski definition) is 2. The molecule has 9 aliphatic heterocycles. The van der Waals surface area contributed by atoms with Gasteiger partial charge in [0.15, 0.2) is 15.8 Å². The molecule has 4 bridgehead atoms. The van der Waals surface area contributed by atoms with Gasteiger partial charge in [-0.1, -0.05) is 59.7 Å². The summed E-state index contributed by atoms with van der Waals surface area (Å²) >= 11 is 0. The lowest BCUT2D eigenvalue weighted by molar-refractivity contribution is -0.177. The number of piperazine rings is 2. The lowest BCUT2D eigenvalue weighted by Gasteiger charge is -2.59. The van der Waals surface area contributed by atoms with Crippen molar-refractivity contribution in [2.45, 2.75) is 109 Å². The zero-order valence-electron chi connectivity index (χ0n) is 31.2. The van der Waals surface area contributed by atoms with Gasteiger partial charge in [0.1, 0.15) is 18.1 Å². The van der Waals surface area contributed by atoms with Crippen LogP contribution < -0.4 is 5.32 Å². The van der Waals surface area contributed by atoms with Crippen molar-refractivity contribution in [1.82, 2.24) is 19.6 Å². The smallest absolute Gasteiger partial charge is 0.311 e. The fourth-order valence-electron chi connectivity index (χ4n) is 11.4. The predicted octanol–water partition coefficient (Wildman–Crippen LogP) is 4.02. The predicted molar refractivity (Wildman–Crippen MR) is 208 cm³/mol. The van der Waals surface area contributed by atoms with Gasteiger partial charge in [0.05, 0.1) is 22.3 Å². The molecule has 8 saturated heterocycles. The Morgan fingerprint density at radius 3 is 2.09 bits per heavy atom. The highest BCUT2D eigenvalue weighted by molar-refractivity contribution is 8.78. The molecule has 2 spiro atoms. The summed E-state index contributed by atoms with van der Waals surface area (Å²) < 4.78 is 22.9. The summed E-state index contributed by atoms with van der Waals surface area (Å²) in [5, 5.41) is 17.4. The number of hydrogen-bond acceptors (Lipinski definition) is 12. The Labute approximate surface area is 333 Å². The normalized spacial score (nSPS) is 41.6. The van der Waals surface area contributed by atoms with Crippen LogP contribution in [0.1, 0.15) is 64.2 Å². The Hall–Kier alpha value is -3.12. The van der Waals surface area contributed by atoms with Crippen molar-refractivity contribution in [1.29, 1.82) is 0 Å². The molecule has 12 nitrogen and oxygen atoms in total. The third kappa shape index (κ3) is 3.44. The van der Waals surface area contributed by atoms with E-state index in [1.807, 2.05) is 32.0 Å². The highest BCUT2D eigenvalue weighted by Gasteiger charge is 2.93. The van der Waals surface area contributed by atoms with E-state index in [2.05, 4.69) is 5.32 Å². The van der Waals surface area contributed by atoms with Crippen LogP contribution in [0.4, 0.5) is 10.1 Å². The summed E-state index contributed by atoms with van der Waals surface area (Å²) in [6.07, 6.45) is -3.72. The molecule has 55 heavy (non-hydrogen) atoms. The van der Waals surface area contributed by atoms with Crippen molar-refractivity contribution in [2.75, 3.05) is 19.4 Å². The van der Waals surface area contributed by atoms with E-state index in [-0.39, 0.29) is 24.7 Å². The second kappa shape index (κ2) is 10.7. The summed E-state index contributed by atoms with van der Waals surface area (Å²) in [5.41, 5.74) is -2.62. The van der Waals surface area contributed by atoms with Crippen LogP contribution in [0.15, 0.2) is 42.5 Å². The Bertz CT molecular complexity index is 2210. The monoisotopic (exact) mass is 825 g/mol. The van der Waals surface area contributed by atoms with Gasteiger partial charge >= 0.3 is 5.97 Å². The average Bonchev–Trinajstić information content (AvgIpc) is 3.81. The maximum Gasteiger partial charge on any atom is 0.311 e. The topological polar surface area (TPSA) is 140 Å². The molecule has 8 fully saturated rings. The van der Waals surface area contributed by atoms with E-state index in [1.165, 1.54) is 59.2 Å². The minimum Gasteiger partial charge on any atom is -0.457 e. The number of aliphatic hydroxyl groups is 1. The number of rotatable bonds is 4. The molecule has 9 heterocycles. The molecular weight excluding hydrogens is 786 g/mol. The number of nitrogens with zero attached hydrogens (tertiary/aromatic N) is 4. The van der Waals surface area contributed by atoms with Gasteiger partial charge in [0.2, 0.25) is 9.74 Å². The van der Waals surface area contributed by atoms with Gasteiger partial charge in [-0.2, -0.15) is 0 Å². The van der Waals surface area contributed by atoms with Crippen molar-refractivity contribution in [3.63, 3.8) is 0 Å². The number of halogens is 1. The van der Waals surface area contributed by atoms with Crippen molar-refractivity contribution in [2.24, 2.45) is 5.41 Å². The first-order valence-corrected chi connectivity index (χ1v) is 22.8. The van der Waals surface area contributed by atoms with E-state index in [1.54, 1.807) is 51.9 Å². The molecule has 290 valence electrons. The summed E-state index contributed by atoms with van der Waals surface area (Å²) in [6.45, 7) is 8.78. The van der Waals surface area contributed by atoms with Gasteiger partial charge in [-0.25, -0.2) is 4.39 Å². The second-order valence-corrected chi connectivity index (χ2v) is 22.1. The molecule has 10 aliphatic rings. The number of para-hydroxylation sites is 1. The van der Waals surface area contributed by atoms with Crippen LogP contribution in [0.3, 0.4) is 0 Å². The number of benzene rings is 2. The first-order valence-electron chi connectivity index (χ1n) is 18.5. The fraction of sp³-hybridized carbons (Fsp3) is 0.553. The van der Waals surface area contributed by atoms with Gasteiger partial charge in [-0.3, -0.25) is 28.9 Å². The molecule has 0 saturated carbocycles. The molecule has 2 N–H and O–H groups in total. The molecule has 17 heteroatoms. The van der Waals surface area contributed by atoms with Crippen molar-refractivity contribution in [3.05, 3.63) is 65.0 Å². The minimum atomic E-state index is -1.88. The van der Waals surface area contributed by atoms with Crippen LogP contribution in [-0.2, 0) is 46.0 Å². The number of carbonyl (C=O) groups excluding carboxylic acids is 5. The molecule has 4 amide bonds. The second-order valence-electron chi connectivity index (χ2n) is 16.9.